The van der Waals surface area contributed by atoms with Crippen molar-refractivity contribution in [2.45, 2.75) is 6.54 Å². The van der Waals surface area contributed by atoms with Crippen LogP contribution in [-0.4, -0.2) is 47.3 Å². The summed E-state index contributed by atoms with van der Waals surface area (Å²) in [6, 6.07) is 3.01. The number of rotatable bonds is 3. The summed E-state index contributed by atoms with van der Waals surface area (Å²) < 4.78 is 21.4. The molecule has 0 bridgehead atoms. The smallest absolute Gasteiger partial charge is 0.178 e. The van der Waals surface area contributed by atoms with Gasteiger partial charge in [-0.1, -0.05) is 11.6 Å². The Balaban J connectivity index is 1.85. The average Bonchev–Trinajstić information content (AvgIpc) is 2.73. The number of halogens is 2. The van der Waals surface area contributed by atoms with Crippen molar-refractivity contribution >= 4 is 34.9 Å². The number of morpholine rings is 1. The van der Waals surface area contributed by atoms with Crippen molar-refractivity contribution in [3.8, 4) is 0 Å². The molecule has 7 heteroatoms. The van der Waals surface area contributed by atoms with Crippen LogP contribution in [0.5, 0.6) is 0 Å². The predicted molar refractivity (Wildman–Crippen MR) is 79.3 cm³/mol. The Morgan fingerprint density at radius 2 is 2.05 bits per heavy atom. The van der Waals surface area contributed by atoms with E-state index in [1.54, 1.807) is 6.07 Å². The van der Waals surface area contributed by atoms with Crippen molar-refractivity contribution in [3.05, 3.63) is 27.7 Å². The lowest BCUT2D eigenvalue weighted by molar-refractivity contribution is 0.0365. The van der Waals surface area contributed by atoms with Gasteiger partial charge in [0.1, 0.15) is 5.82 Å². The molecule has 0 saturated carbocycles. The van der Waals surface area contributed by atoms with E-state index in [0.717, 1.165) is 50.4 Å². The number of hydrogen-bond acceptors (Lipinski definition) is 3. The summed E-state index contributed by atoms with van der Waals surface area (Å²) in [7, 11) is 0. The monoisotopic (exact) mass is 315 g/mol. The lowest BCUT2D eigenvalue weighted by atomic mass is 10.3. The molecule has 0 radical (unpaired) electrons. The molecule has 0 spiro atoms. The van der Waals surface area contributed by atoms with Gasteiger partial charge in [0.15, 0.2) is 4.77 Å². The Morgan fingerprint density at radius 1 is 1.30 bits per heavy atom. The van der Waals surface area contributed by atoms with Crippen LogP contribution >= 0.6 is 23.8 Å². The number of ether oxygens (including phenoxy) is 1. The zero-order valence-corrected chi connectivity index (χ0v) is 12.4. The van der Waals surface area contributed by atoms with Crippen LogP contribution in [0.3, 0.4) is 0 Å². The third kappa shape index (κ3) is 2.74. The number of hydrogen-bond donors (Lipinski definition) is 1. The zero-order chi connectivity index (χ0) is 14.1. The second kappa shape index (κ2) is 5.81. The molecule has 0 amide bonds. The van der Waals surface area contributed by atoms with Crippen molar-refractivity contribution in [2.24, 2.45) is 0 Å². The molecule has 1 aliphatic rings. The van der Waals surface area contributed by atoms with Crippen molar-refractivity contribution in [3.63, 3.8) is 0 Å². The van der Waals surface area contributed by atoms with Crippen LogP contribution in [0, 0.1) is 10.6 Å². The van der Waals surface area contributed by atoms with Gasteiger partial charge in [0.25, 0.3) is 0 Å². The Bertz CT molecular complexity index is 678. The molecule has 1 saturated heterocycles. The molecule has 1 fully saturated rings. The van der Waals surface area contributed by atoms with Gasteiger partial charge in [-0.2, -0.15) is 0 Å². The van der Waals surface area contributed by atoms with Gasteiger partial charge in [-0.25, -0.2) is 4.39 Å². The largest absolute Gasteiger partial charge is 0.379 e. The van der Waals surface area contributed by atoms with Gasteiger partial charge in [0, 0.05) is 32.2 Å². The van der Waals surface area contributed by atoms with Crippen LogP contribution in [0.25, 0.3) is 11.0 Å². The number of H-pyrrole nitrogens is 1. The van der Waals surface area contributed by atoms with Crippen LogP contribution in [0.2, 0.25) is 5.02 Å². The number of nitrogens with zero attached hydrogens (tertiary/aromatic N) is 2. The predicted octanol–water partition coefficient (Wildman–Crippen LogP) is 2.82. The molecular formula is C13H15ClFN3OS. The molecule has 0 atom stereocenters. The fourth-order valence-electron chi connectivity index (χ4n) is 2.44. The van der Waals surface area contributed by atoms with Crippen molar-refractivity contribution in [1.82, 2.24) is 14.5 Å². The van der Waals surface area contributed by atoms with E-state index in [1.165, 1.54) is 6.07 Å². The van der Waals surface area contributed by atoms with E-state index in [1.807, 2.05) is 4.57 Å². The highest BCUT2D eigenvalue weighted by Gasteiger charge is 2.13. The van der Waals surface area contributed by atoms with Gasteiger partial charge in [-0.05, 0) is 18.3 Å². The zero-order valence-electron chi connectivity index (χ0n) is 10.9. The number of benzene rings is 1. The Morgan fingerprint density at radius 3 is 2.80 bits per heavy atom. The first-order valence-corrected chi connectivity index (χ1v) is 7.31. The van der Waals surface area contributed by atoms with Crippen molar-refractivity contribution in [2.75, 3.05) is 32.8 Å². The van der Waals surface area contributed by atoms with Crippen LogP contribution < -0.4 is 0 Å². The second-order valence-corrected chi connectivity index (χ2v) is 5.61. The number of fused-ring (bicyclic) bond motifs is 1. The van der Waals surface area contributed by atoms with E-state index in [4.69, 9.17) is 28.6 Å². The third-order valence-corrected chi connectivity index (χ3v) is 4.17. The molecule has 1 N–H and O–H groups in total. The van der Waals surface area contributed by atoms with Crippen LogP contribution in [0.1, 0.15) is 0 Å². The van der Waals surface area contributed by atoms with Gasteiger partial charge >= 0.3 is 0 Å². The third-order valence-electron chi connectivity index (χ3n) is 3.56. The maximum atomic E-state index is 13.6. The van der Waals surface area contributed by atoms with Crippen LogP contribution in [0.4, 0.5) is 4.39 Å². The molecule has 3 rings (SSSR count). The van der Waals surface area contributed by atoms with Crippen molar-refractivity contribution < 1.29 is 9.13 Å². The molecule has 0 unspecified atom stereocenters. The summed E-state index contributed by atoms with van der Waals surface area (Å²) >= 11 is 11.1. The maximum Gasteiger partial charge on any atom is 0.178 e. The molecule has 20 heavy (non-hydrogen) atoms. The minimum Gasteiger partial charge on any atom is -0.379 e. The summed E-state index contributed by atoms with van der Waals surface area (Å²) in [5.74, 6) is -0.423. The second-order valence-electron chi connectivity index (χ2n) is 4.82. The average molecular weight is 316 g/mol. The van der Waals surface area contributed by atoms with Crippen LogP contribution in [0.15, 0.2) is 12.1 Å². The molecule has 108 valence electrons. The summed E-state index contributed by atoms with van der Waals surface area (Å²) in [5, 5.41) is 0.106. The summed E-state index contributed by atoms with van der Waals surface area (Å²) in [5.41, 5.74) is 1.52. The number of aromatic nitrogens is 2. The summed E-state index contributed by atoms with van der Waals surface area (Å²) in [6.45, 7) is 4.98. The quantitative estimate of drug-likeness (QED) is 0.884. The van der Waals surface area contributed by atoms with Crippen LogP contribution in [-0.2, 0) is 11.3 Å². The molecule has 4 nitrogen and oxygen atoms in total. The lowest BCUT2D eigenvalue weighted by Crippen LogP contribution is -2.38. The number of aromatic amines is 1. The first-order valence-electron chi connectivity index (χ1n) is 6.53. The number of imidazole rings is 1. The van der Waals surface area contributed by atoms with Gasteiger partial charge < -0.3 is 14.3 Å². The SMILES string of the molecule is Fc1cc2c(cc1Cl)[nH]c(=S)n2CCN1CCOCC1. The Kier molecular flexibility index (Phi) is 4.07. The topological polar surface area (TPSA) is 33.2 Å². The molecule has 0 aliphatic carbocycles. The minimum absolute atomic E-state index is 0.106. The highest BCUT2D eigenvalue weighted by atomic mass is 35.5. The van der Waals surface area contributed by atoms with Gasteiger partial charge in [0.2, 0.25) is 0 Å². The highest BCUT2D eigenvalue weighted by molar-refractivity contribution is 7.71. The Labute approximate surface area is 126 Å². The first kappa shape index (κ1) is 14.0. The Hall–Kier alpha value is -0.950. The van der Waals surface area contributed by atoms with Gasteiger partial charge in [-0.15, -0.1) is 0 Å². The molecule has 2 aromatic rings. The van der Waals surface area contributed by atoms with Gasteiger partial charge in [0.05, 0.1) is 29.3 Å². The summed E-state index contributed by atoms with van der Waals surface area (Å²) in [6.07, 6.45) is 0. The van der Waals surface area contributed by atoms with E-state index < -0.39 is 5.82 Å². The highest BCUT2D eigenvalue weighted by Crippen LogP contribution is 2.22. The van der Waals surface area contributed by atoms with E-state index in [0.29, 0.717) is 4.77 Å². The minimum atomic E-state index is -0.423. The van der Waals surface area contributed by atoms with E-state index >= 15 is 0 Å². The fourth-order valence-corrected chi connectivity index (χ4v) is 2.90. The molecule has 2 heterocycles. The standard InChI is InChI=1S/C13H15ClFN3OS/c14-9-7-11-12(8-10(9)15)18(13(20)16-11)2-1-17-3-5-19-6-4-17/h7-8H,1-6H2,(H,16,20). The normalized spacial score (nSPS) is 16.9. The van der Waals surface area contributed by atoms with E-state index in [-0.39, 0.29) is 5.02 Å². The van der Waals surface area contributed by atoms with Gasteiger partial charge in [-0.3, -0.25) is 4.90 Å². The van der Waals surface area contributed by atoms with E-state index in [9.17, 15) is 4.39 Å². The number of nitrogens with one attached hydrogen (secondary N) is 1. The summed E-state index contributed by atoms with van der Waals surface area (Å²) in [4.78, 5) is 5.38. The lowest BCUT2D eigenvalue weighted by Gasteiger charge is -2.26. The molecule has 1 aromatic heterocycles. The maximum absolute atomic E-state index is 13.6. The fraction of sp³-hybridized carbons (Fsp3) is 0.462. The van der Waals surface area contributed by atoms with E-state index in [2.05, 4.69) is 9.88 Å². The van der Waals surface area contributed by atoms with Crippen molar-refractivity contribution in [1.29, 1.82) is 0 Å². The molecule has 1 aromatic carbocycles. The molecule has 1 aliphatic heterocycles. The first-order chi connectivity index (χ1) is 9.65. The molecular weight excluding hydrogens is 301 g/mol.